The van der Waals surface area contributed by atoms with Gasteiger partial charge in [0.05, 0.1) is 16.9 Å². The lowest BCUT2D eigenvalue weighted by Gasteiger charge is -2.35. The summed E-state index contributed by atoms with van der Waals surface area (Å²) >= 11 is -1.67. The van der Waals surface area contributed by atoms with Gasteiger partial charge in [-0.15, -0.1) is 4.72 Å². The average molecular weight is 402 g/mol. The molecule has 152 valence electrons. The molecule has 0 aromatic heterocycles. The smallest absolute Gasteiger partial charge is 0.308 e. The predicted octanol–water partition coefficient (Wildman–Crippen LogP) is 3.73. The first-order valence-corrected chi connectivity index (χ1v) is 9.56. The number of hydrogen-bond acceptors (Lipinski definition) is 6. The summed E-state index contributed by atoms with van der Waals surface area (Å²) in [7, 11) is 0. The summed E-state index contributed by atoms with van der Waals surface area (Å²) < 4.78 is 34.6. The summed E-state index contributed by atoms with van der Waals surface area (Å²) in [4.78, 5) is 22.8. The molecule has 0 bridgehead atoms. The van der Waals surface area contributed by atoms with E-state index in [-0.39, 0.29) is 17.7 Å². The van der Waals surface area contributed by atoms with Crippen LogP contribution in [-0.2, 0) is 26.4 Å². The zero-order valence-corrected chi connectivity index (χ0v) is 17.5. The number of hydrogen-bond donors (Lipinski definition) is 1. The standard InChI is InChI=1S/C18H27FN2O5S/c1-16(2,3)26-15(22)11-18(7,20-27(25)17(4,5)6)13-10-12(21(23)24)8-9-14(13)19/h8-10,20H,11H2,1-7H3. The molecule has 0 fully saturated rings. The van der Waals surface area contributed by atoms with Crippen LogP contribution in [0.15, 0.2) is 18.2 Å². The van der Waals surface area contributed by atoms with Crippen LogP contribution in [0.4, 0.5) is 10.1 Å². The van der Waals surface area contributed by atoms with Gasteiger partial charge in [-0.3, -0.25) is 14.9 Å². The van der Waals surface area contributed by atoms with Gasteiger partial charge in [-0.1, -0.05) is 0 Å². The Morgan fingerprint density at radius 2 is 1.78 bits per heavy atom. The fraction of sp³-hybridized carbons (Fsp3) is 0.611. The lowest BCUT2D eigenvalue weighted by molar-refractivity contribution is -0.385. The zero-order valence-electron chi connectivity index (χ0n) is 16.7. The summed E-state index contributed by atoms with van der Waals surface area (Å²) in [5.41, 5.74) is -2.69. The van der Waals surface area contributed by atoms with E-state index in [4.69, 9.17) is 4.74 Å². The van der Waals surface area contributed by atoms with Crippen LogP contribution in [0.25, 0.3) is 0 Å². The second-order valence-electron chi connectivity index (χ2n) is 8.50. The van der Waals surface area contributed by atoms with Crippen molar-refractivity contribution in [2.75, 3.05) is 0 Å². The topological polar surface area (TPSA) is 105 Å². The lowest BCUT2D eigenvalue weighted by atomic mass is 9.89. The van der Waals surface area contributed by atoms with Crippen molar-refractivity contribution in [1.82, 2.24) is 4.72 Å². The number of nitro groups is 1. The van der Waals surface area contributed by atoms with Crippen molar-refractivity contribution < 1.29 is 23.4 Å². The Morgan fingerprint density at radius 3 is 2.22 bits per heavy atom. The molecule has 2 atom stereocenters. The number of nitro benzene ring substituents is 1. The average Bonchev–Trinajstić information content (AvgIpc) is 2.43. The summed E-state index contributed by atoms with van der Waals surface area (Å²) in [5.74, 6) is -1.39. The summed E-state index contributed by atoms with van der Waals surface area (Å²) in [6.07, 6.45) is -0.357. The number of carbonyl (C=O) groups is 1. The van der Waals surface area contributed by atoms with E-state index < -0.39 is 44.0 Å². The van der Waals surface area contributed by atoms with Crippen LogP contribution in [0.5, 0.6) is 0 Å². The third-order valence-corrected chi connectivity index (χ3v) is 5.30. The van der Waals surface area contributed by atoms with Gasteiger partial charge in [0.2, 0.25) is 0 Å². The van der Waals surface area contributed by atoms with Gasteiger partial charge in [-0.25, -0.2) is 4.39 Å². The van der Waals surface area contributed by atoms with Crippen molar-refractivity contribution in [3.8, 4) is 0 Å². The summed E-state index contributed by atoms with van der Waals surface area (Å²) in [6, 6.07) is 3.04. The van der Waals surface area contributed by atoms with Gasteiger partial charge >= 0.3 is 5.97 Å². The number of benzene rings is 1. The largest absolute Gasteiger partial charge is 0.598 e. The van der Waals surface area contributed by atoms with Gasteiger partial charge < -0.3 is 9.29 Å². The molecule has 0 spiro atoms. The number of nitrogens with zero attached hydrogens (tertiary/aromatic N) is 1. The third-order valence-electron chi connectivity index (χ3n) is 3.55. The first-order valence-electron chi connectivity index (χ1n) is 8.41. The number of esters is 1. The number of ether oxygens (including phenoxy) is 1. The van der Waals surface area contributed by atoms with Gasteiger partial charge in [0.25, 0.3) is 5.69 Å². The predicted molar refractivity (Wildman–Crippen MR) is 102 cm³/mol. The van der Waals surface area contributed by atoms with Crippen molar-refractivity contribution in [3.63, 3.8) is 0 Å². The van der Waals surface area contributed by atoms with E-state index in [0.29, 0.717) is 0 Å². The fourth-order valence-corrected chi connectivity index (χ4v) is 3.16. The molecule has 0 aliphatic carbocycles. The van der Waals surface area contributed by atoms with Gasteiger partial charge in [0.1, 0.15) is 16.2 Å². The van der Waals surface area contributed by atoms with Crippen molar-refractivity contribution in [2.45, 2.75) is 70.8 Å². The monoisotopic (exact) mass is 402 g/mol. The first kappa shape index (κ1) is 23.3. The molecule has 27 heavy (non-hydrogen) atoms. The zero-order chi connectivity index (χ0) is 21.2. The molecule has 0 saturated heterocycles. The maximum atomic E-state index is 14.5. The highest BCUT2D eigenvalue weighted by molar-refractivity contribution is 7.90. The van der Waals surface area contributed by atoms with Crippen LogP contribution in [0.3, 0.4) is 0 Å². The molecule has 0 amide bonds. The third kappa shape index (κ3) is 6.75. The summed E-state index contributed by atoms with van der Waals surface area (Å²) in [6.45, 7) is 11.7. The first-order chi connectivity index (χ1) is 12.0. The van der Waals surface area contributed by atoms with E-state index in [9.17, 15) is 23.9 Å². The highest BCUT2D eigenvalue weighted by atomic mass is 32.2. The maximum absolute atomic E-state index is 14.5. The van der Waals surface area contributed by atoms with Crippen LogP contribution in [-0.4, -0.2) is 25.8 Å². The number of nitrogens with one attached hydrogen (secondary N) is 1. The number of non-ortho nitro benzene ring substituents is 1. The maximum Gasteiger partial charge on any atom is 0.308 e. The minimum absolute atomic E-state index is 0.125. The minimum atomic E-state index is -1.67. The van der Waals surface area contributed by atoms with Crippen LogP contribution in [0, 0.1) is 15.9 Å². The Morgan fingerprint density at radius 1 is 1.22 bits per heavy atom. The Kier molecular flexibility index (Phi) is 7.01. The van der Waals surface area contributed by atoms with E-state index >= 15 is 0 Å². The van der Waals surface area contributed by atoms with E-state index in [0.717, 1.165) is 18.2 Å². The van der Waals surface area contributed by atoms with Gasteiger partial charge in [0, 0.05) is 29.1 Å². The number of rotatable bonds is 6. The molecular formula is C18H27FN2O5S. The molecule has 0 saturated carbocycles. The van der Waals surface area contributed by atoms with Crippen LogP contribution in [0.2, 0.25) is 0 Å². The molecule has 1 aromatic carbocycles. The molecule has 2 unspecified atom stereocenters. The highest BCUT2D eigenvalue weighted by Crippen LogP contribution is 2.33. The molecule has 1 rings (SSSR count). The lowest BCUT2D eigenvalue weighted by Crippen LogP contribution is -2.51. The molecule has 9 heteroatoms. The normalized spacial score (nSPS) is 15.7. The van der Waals surface area contributed by atoms with Crippen LogP contribution in [0.1, 0.15) is 60.5 Å². The Labute approximate surface area is 162 Å². The molecule has 0 aliphatic heterocycles. The highest BCUT2D eigenvalue weighted by Gasteiger charge is 2.42. The van der Waals surface area contributed by atoms with Crippen molar-refractivity contribution in [1.29, 1.82) is 0 Å². The Bertz CT molecular complexity index is 715. The van der Waals surface area contributed by atoms with Gasteiger partial charge in [-0.2, -0.15) is 0 Å². The van der Waals surface area contributed by atoms with E-state index in [1.165, 1.54) is 6.92 Å². The second kappa shape index (κ2) is 8.12. The molecule has 1 N–H and O–H groups in total. The fourth-order valence-electron chi connectivity index (χ4n) is 2.26. The quantitative estimate of drug-likeness (QED) is 0.336. The van der Waals surface area contributed by atoms with Gasteiger partial charge in [0.15, 0.2) is 0 Å². The Hall–Kier alpha value is -1.71. The second-order valence-corrected chi connectivity index (χ2v) is 10.5. The summed E-state index contributed by atoms with van der Waals surface area (Å²) in [5, 5.41) is 11.1. The van der Waals surface area contributed by atoms with E-state index in [1.54, 1.807) is 41.5 Å². The molecule has 0 heterocycles. The van der Waals surface area contributed by atoms with Crippen LogP contribution < -0.4 is 4.72 Å². The van der Waals surface area contributed by atoms with Crippen molar-refractivity contribution in [2.24, 2.45) is 0 Å². The SMILES string of the molecule is CC(C)(C)OC(=O)CC(C)(N[S+]([O-])C(C)(C)C)c1cc([N+](=O)[O-])ccc1F. The van der Waals surface area contributed by atoms with Crippen molar-refractivity contribution >= 4 is 23.0 Å². The molecular weight excluding hydrogens is 375 g/mol. The number of carbonyl (C=O) groups excluding carboxylic acids is 1. The van der Waals surface area contributed by atoms with Crippen molar-refractivity contribution in [3.05, 3.63) is 39.7 Å². The minimum Gasteiger partial charge on any atom is -0.598 e. The molecule has 7 nitrogen and oxygen atoms in total. The van der Waals surface area contributed by atoms with E-state index in [1.807, 2.05) is 0 Å². The van der Waals surface area contributed by atoms with E-state index in [2.05, 4.69) is 4.72 Å². The molecule has 0 radical (unpaired) electrons. The van der Waals surface area contributed by atoms with Gasteiger partial charge in [-0.05, 0) is 54.5 Å². The van der Waals surface area contributed by atoms with Crippen LogP contribution >= 0.6 is 0 Å². The molecule has 1 aromatic rings. The number of halogens is 1. The molecule has 0 aliphatic rings. The Balaban J connectivity index is 3.39.